The summed E-state index contributed by atoms with van der Waals surface area (Å²) in [6.07, 6.45) is 1.56. The molecule has 0 saturated carbocycles. The van der Waals surface area contributed by atoms with Crippen molar-refractivity contribution in [2.24, 2.45) is 0 Å². The normalized spacial score (nSPS) is 15.7. The molecule has 7 nitrogen and oxygen atoms in total. The second kappa shape index (κ2) is 8.99. The van der Waals surface area contributed by atoms with Gasteiger partial charge in [0.2, 0.25) is 16.7 Å². The third-order valence-electron chi connectivity index (χ3n) is 6.23. The van der Waals surface area contributed by atoms with Gasteiger partial charge in [0, 0.05) is 36.9 Å². The Hall–Kier alpha value is -3.40. The van der Waals surface area contributed by atoms with E-state index in [1.165, 1.54) is 28.0 Å². The fourth-order valence-electron chi connectivity index (χ4n) is 4.52. The van der Waals surface area contributed by atoms with E-state index in [9.17, 15) is 9.50 Å². The van der Waals surface area contributed by atoms with Crippen LogP contribution in [0, 0.1) is 5.82 Å². The number of nitrogens with zero attached hydrogens (tertiary/aromatic N) is 5. The molecular formula is C25H21ClFN5O2S. The van der Waals surface area contributed by atoms with Gasteiger partial charge in [-0.05, 0) is 48.0 Å². The number of aromatic hydroxyl groups is 1. The second-order valence-electron chi connectivity index (χ2n) is 8.35. The van der Waals surface area contributed by atoms with E-state index < -0.39 is 0 Å². The van der Waals surface area contributed by atoms with Gasteiger partial charge in [-0.1, -0.05) is 41.1 Å². The van der Waals surface area contributed by atoms with Crippen molar-refractivity contribution in [1.29, 1.82) is 0 Å². The first-order chi connectivity index (χ1) is 17.1. The lowest BCUT2D eigenvalue weighted by molar-refractivity contribution is 0.211. The van der Waals surface area contributed by atoms with E-state index in [1.807, 2.05) is 18.2 Å². The lowest BCUT2D eigenvalue weighted by Crippen LogP contribution is -2.47. The van der Waals surface area contributed by atoms with Crippen LogP contribution in [-0.4, -0.2) is 50.8 Å². The minimum absolute atomic E-state index is 0.0295. The number of thiazole rings is 1. The van der Waals surface area contributed by atoms with E-state index in [0.29, 0.717) is 26.4 Å². The summed E-state index contributed by atoms with van der Waals surface area (Å²) in [4.78, 5) is 10.4. The molecule has 5 aromatic rings. The van der Waals surface area contributed by atoms with Crippen molar-refractivity contribution in [2.75, 3.05) is 31.1 Å². The first kappa shape index (κ1) is 22.1. The Labute approximate surface area is 209 Å². The van der Waals surface area contributed by atoms with Gasteiger partial charge in [-0.3, -0.25) is 4.90 Å². The topological polar surface area (TPSA) is 70.0 Å². The van der Waals surface area contributed by atoms with Gasteiger partial charge in [-0.15, -0.1) is 5.10 Å². The quantitative estimate of drug-likeness (QED) is 0.339. The van der Waals surface area contributed by atoms with Crippen LogP contribution in [0.4, 0.5) is 10.1 Å². The van der Waals surface area contributed by atoms with Crippen LogP contribution < -0.4 is 4.90 Å². The number of hydrogen-bond acceptors (Lipinski definition) is 7. The SMILES string of the molecule is Oc1c(C(c2ccc(F)cc2)N2CCN(c3cccc(Cl)c3)CC2)sc2nc(-c3ccco3)nn12. The smallest absolute Gasteiger partial charge is 0.230 e. The molecule has 0 radical (unpaired) electrons. The highest BCUT2D eigenvalue weighted by Crippen LogP contribution is 2.41. The summed E-state index contributed by atoms with van der Waals surface area (Å²) in [5, 5.41) is 16.3. The molecule has 1 aliphatic heterocycles. The summed E-state index contributed by atoms with van der Waals surface area (Å²) in [6, 6.07) is 17.6. The molecule has 0 amide bonds. The molecule has 0 bridgehead atoms. The maximum absolute atomic E-state index is 13.7. The summed E-state index contributed by atoms with van der Waals surface area (Å²) in [5.74, 6) is 0.681. The minimum atomic E-state index is -0.298. The van der Waals surface area contributed by atoms with Crippen molar-refractivity contribution < 1.29 is 13.9 Å². The maximum Gasteiger partial charge on any atom is 0.230 e. The largest absolute Gasteiger partial charge is 0.492 e. The van der Waals surface area contributed by atoms with Crippen LogP contribution in [0.25, 0.3) is 16.5 Å². The molecular weight excluding hydrogens is 489 g/mol. The summed E-state index contributed by atoms with van der Waals surface area (Å²) in [6.45, 7) is 3.09. The zero-order chi connectivity index (χ0) is 23.9. The van der Waals surface area contributed by atoms with Gasteiger partial charge in [-0.2, -0.15) is 9.50 Å². The van der Waals surface area contributed by atoms with Crippen LogP contribution in [0.5, 0.6) is 5.88 Å². The van der Waals surface area contributed by atoms with Gasteiger partial charge in [-0.25, -0.2) is 4.39 Å². The fraction of sp³-hybridized carbons (Fsp3) is 0.200. The summed E-state index contributed by atoms with van der Waals surface area (Å²) in [7, 11) is 0. The average molecular weight is 510 g/mol. The highest BCUT2D eigenvalue weighted by atomic mass is 35.5. The van der Waals surface area contributed by atoms with Crippen molar-refractivity contribution in [3.8, 4) is 17.5 Å². The molecule has 4 heterocycles. The lowest BCUT2D eigenvalue weighted by Gasteiger charge is -2.40. The maximum atomic E-state index is 13.7. The third-order valence-corrected chi connectivity index (χ3v) is 7.54. The molecule has 0 aliphatic carbocycles. The Balaban J connectivity index is 1.33. The highest BCUT2D eigenvalue weighted by Gasteiger charge is 2.32. The van der Waals surface area contributed by atoms with E-state index in [4.69, 9.17) is 16.0 Å². The Morgan fingerprint density at radius 3 is 2.51 bits per heavy atom. The van der Waals surface area contributed by atoms with Crippen LogP contribution >= 0.6 is 22.9 Å². The number of rotatable bonds is 5. The fourth-order valence-corrected chi connectivity index (χ4v) is 5.82. The number of halogens is 2. The molecule has 2 aromatic carbocycles. The van der Waals surface area contributed by atoms with Crippen LogP contribution in [0.15, 0.2) is 71.3 Å². The van der Waals surface area contributed by atoms with Crippen LogP contribution in [0.2, 0.25) is 5.02 Å². The Morgan fingerprint density at radius 2 is 1.83 bits per heavy atom. The first-order valence-electron chi connectivity index (χ1n) is 11.2. The number of anilines is 1. The van der Waals surface area contributed by atoms with Crippen molar-refractivity contribution in [3.63, 3.8) is 0 Å². The molecule has 1 unspecified atom stereocenters. The van der Waals surface area contributed by atoms with Crippen molar-refractivity contribution >= 4 is 33.6 Å². The van der Waals surface area contributed by atoms with E-state index in [1.54, 1.807) is 30.5 Å². The lowest BCUT2D eigenvalue weighted by atomic mass is 10.0. The predicted molar refractivity (Wildman–Crippen MR) is 134 cm³/mol. The van der Waals surface area contributed by atoms with Crippen molar-refractivity contribution in [3.05, 3.63) is 88.2 Å². The number of aromatic nitrogens is 3. The monoisotopic (exact) mass is 509 g/mol. The highest BCUT2D eigenvalue weighted by molar-refractivity contribution is 7.17. The molecule has 1 aliphatic rings. The summed E-state index contributed by atoms with van der Waals surface area (Å²) in [5.41, 5.74) is 1.98. The first-order valence-corrected chi connectivity index (χ1v) is 12.4. The van der Waals surface area contributed by atoms with Crippen LogP contribution in [-0.2, 0) is 0 Å². The van der Waals surface area contributed by atoms with Crippen LogP contribution in [0.1, 0.15) is 16.5 Å². The van der Waals surface area contributed by atoms with Gasteiger partial charge in [0.05, 0.1) is 17.2 Å². The standard InChI is InChI=1S/C25H21ClFN5O2S/c26-17-3-1-4-19(15-17)30-10-12-31(13-11-30)21(16-6-8-18(27)9-7-16)22-24(33)32-25(35-22)28-23(29-32)20-5-2-14-34-20/h1-9,14-15,21,33H,10-13H2. The van der Waals surface area contributed by atoms with E-state index >= 15 is 0 Å². The molecule has 3 aromatic heterocycles. The van der Waals surface area contributed by atoms with Crippen molar-refractivity contribution in [2.45, 2.75) is 6.04 Å². The Bertz CT molecular complexity index is 1460. The van der Waals surface area contributed by atoms with Gasteiger partial charge < -0.3 is 14.4 Å². The minimum Gasteiger partial charge on any atom is -0.492 e. The average Bonchev–Trinajstić information content (AvgIpc) is 3.60. The van der Waals surface area contributed by atoms with E-state index in [0.717, 1.165) is 37.4 Å². The molecule has 178 valence electrons. The molecule has 1 atom stereocenters. The zero-order valence-corrected chi connectivity index (χ0v) is 20.1. The number of furan rings is 1. The van der Waals surface area contributed by atoms with Gasteiger partial charge in [0.15, 0.2) is 5.76 Å². The van der Waals surface area contributed by atoms with Crippen LogP contribution in [0.3, 0.4) is 0 Å². The van der Waals surface area contributed by atoms with E-state index in [2.05, 4.69) is 25.9 Å². The number of hydrogen-bond donors (Lipinski definition) is 1. The number of fused-ring (bicyclic) bond motifs is 1. The number of piperazine rings is 1. The molecule has 1 fully saturated rings. The van der Waals surface area contributed by atoms with Crippen molar-refractivity contribution in [1.82, 2.24) is 19.5 Å². The van der Waals surface area contributed by atoms with Gasteiger partial charge in [0.25, 0.3) is 0 Å². The zero-order valence-electron chi connectivity index (χ0n) is 18.5. The third kappa shape index (κ3) is 4.16. The molecule has 1 N–H and O–H groups in total. The molecule has 0 spiro atoms. The van der Waals surface area contributed by atoms with E-state index in [-0.39, 0.29) is 17.7 Å². The number of benzene rings is 2. The molecule has 1 saturated heterocycles. The summed E-state index contributed by atoms with van der Waals surface area (Å²) < 4.78 is 20.6. The molecule has 10 heteroatoms. The summed E-state index contributed by atoms with van der Waals surface area (Å²) >= 11 is 7.56. The Kier molecular flexibility index (Phi) is 5.68. The molecule has 6 rings (SSSR count). The molecule has 35 heavy (non-hydrogen) atoms. The predicted octanol–water partition coefficient (Wildman–Crippen LogP) is 5.46. The van der Waals surface area contributed by atoms with Gasteiger partial charge >= 0.3 is 0 Å². The second-order valence-corrected chi connectivity index (χ2v) is 9.80. The van der Waals surface area contributed by atoms with Gasteiger partial charge in [0.1, 0.15) is 5.82 Å². The Morgan fingerprint density at radius 1 is 1.03 bits per heavy atom.